The van der Waals surface area contributed by atoms with E-state index in [2.05, 4.69) is 4.90 Å². The van der Waals surface area contributed by atoms with Gasteiger partial charge in [-0.25, -0.2) is 0 Å². The Hall–Kier alpha value is -0.410. The van der Waals surface area contributed by atoms with E-state index in [4.69, 9.17) is 5.11 Å². The lowest BCUT2D eigenvalue weighted by Crippen LogP contribution is -2.48. The third-order valence-corrected chi connectivity index (χ3v) is 3.77. The molecule has 2 rings (SSSR count). The number of hydrogen-bond donors (Lipinski definition) is 1. The minimum Gasteiger partial charge on any atom is -0.396 e. The molecule has 1 aliphatic carbocycles. The quantitative estimate of drug-likeness (QED) is 0.746. The minimum atomic E-state index is 0.174. The summed E-state index contributed by atoms with van der Waals surface area (Å²) in [7, 11) is 0. The van der Waals surface area contributed by atoms with Gasteiger partial charge in [0.05, 0.1) is 6.04 Å². The van der Waals surface area contributed by atoms with Crippen molar-refractivity contribution in [3.63, 3.8) is 0 Å². The van der Waals surface area contributed by atoms with Crippen LogP contribution < -0.4 is 0 Å². The summed E-state index contributed by atoms with van der Waals surface area (Å²) >= 11 is 0. The zero-order valence-electron chi connectivity index (χ0n) is 9.32. The predicted molar refractivity (Wildman–Crippen MR) is 58.6 cm³/mol. The molecule has 2 atom stereocenters. The lowest BCUT2D eigenvalue weighted by molar-refractivity contribution is -0.127. The number of ketones is 1. The highest BCUT2D eigenvalue weighted by Crippen LogP contribution is 2.24. The molecule has 15 heavy (non-hydrogen) atoms. The average Bonchev–Trinajstić information content (AvgIpc) is 2.30. The standard InChI is InChI=1S/C12H21NO2/c14-9-10-4-3-7-13(8-10)11-5-1-2-6-12(11)15/h10-11,14H,1-9H2. The van der Waals surface area contributed by atoms with E-state index in [1.165, 1.54) is 6.42 Å². The fraction of sp³-hybridized carbons (Fsp3) is 0.917. The summed E-state index contributed by atoms with van der Waals surface area (Å²) < 4.78 is 0. The van der Waals surface area contributed by atoms with Crippen molar-refractivity contribution < 1.29 is 9.90 Å². The number of likely N-dealkylation sites (tertiary alicyclic amines) is 1. The molecule has 0 radical (unpaired) electrons. The van der Waals surface area contributed by atoms with Gasteiger partial charge in [-0.15, -0.1) is 0 Å². The molecule has 1 saturated heterocycles. The van der Waals surface area contributed by atoms with Crippen LogP contribution in [0.15, 0.2) is 0 Å². The van der Waals surface area contributed by atoms with Gasteiger partial charge in [0.25, 0.3) is 0 Å². The van der Waals surface area contributed by atoms with Gasteiger partial charge in [-0.2, -0.15) is 0 Å². The van der Waals surface area contributed by atoms with E-state index < -0.39 is 0 Å². The van der Waals surface area contributed by atoms with Gasteiger partial charge in [-0.3, -0.25) is 9.69 Å². The van der Waals surface area contributed by atoms with E-state index >= 15 is 0 Å². The van der Waals surface area contributed by atoms with Gasteiger partial charge in [0.1, 0.15) is 5.78 Å². The van der Waals surface area contributed by atoms with Crippen LogP contribution in [0.25, 0.3) is 0 Å². The number of hydrogen-bond acceptors (Lipinski definition) is 3. The minimum absolute atomic E-state index is 0.174. The second kappa shape index (κ2) is 5.08. The number of carbonyl (C=O) groups is 1. The Balaban J connectivity index is 1.93. The third-order valence-electron chi connectivity index (χ3n) is 3.77. The van der Waals surface area contributed by atoms with Gasteiger partial charge in [-0.05, 0) is 38.1 Å². The SMILES string of the molecule is O=C1CCCCC1N1CCCC(CO)C1. The number of rotatable bonds is 2. The highest BCUT2D eigenvalue weighted by Gasteiger charge is 2.31. The van der Waals surface area contributed by atoms with Crippen molar-refractivity contribution in [2.24, 2.45) is 5.92 Å². The number of aliphatic hydroxyl groups is 1. The first-order chi connectivity index (χ1) is 7.31. The maximum Gasteiger partial charge on any atom is 0.149 e. The van der Waals surface area contributed by atoms with Gasteiger partial charge in [-0.1, -0.05) is 6.42 Å². The van der Waals surface area contributed by atoms with Crippen molar-refractivity contribution in [2.75, 3.05) is 19.7 Å². The van der Waals surface area contributed by atoms with E-state index in [-0.39, 0.29) is 12.6 Å². The molecular weight excluding hydrogens is 190 g/mol. The number of nitrogens with zero attached hydrogens (tertiary/aromatic N) is 1. The van der Waals surface area contributed by atoms with E-state index in [1.54, 1.807) is 0 Å². The predicted octanol–water partition coefficient (Wildman–Crippen LogP) is 1.20. The van der Waals surface area contributed by atoms with E-state index in [9.17, 15) is 4.79 Å². The first-order valence-electron chi connectivity index (χ1n) is 6.19. The Bertz CT molecular complexity index is 230. The van der Waals surface area contributed by atoms with Crippen LogP contribution in [0.3, 0.4) is 0 Å². The average molecular weight is 211 g/mol. The molecule has 0 spiro atoms. The molecule has 0 aromatic heterocycles. The van der Waals surface area contributed by atoms with Crippen LogP contribution in [0.5, 0.6) is 0 Å². The molecule has 1 aliphatic heterocycles. The molecule has 0 amide bonds. The summed E-state index contributed by atoms with van der Waals surface area (Å²) in [6, 6.07) is 0.174. The maximum absolute atomic E-state index is 11.8. The molecule has 3 heteroatoms. The molecule has 2 fully saturated rings. The number of aliphatic hydroxyl groups excluding tert-OH is 1. The van der Waals surface area contributed by atoms with Gasteiger partial charge in [0, 0.05) is 19.6 Å². The summed E-state index contributed by atoms with van der Waals surface area (Å²) in [5.74, 6) is 0.827. The smallest absolute Gasteiger partial charge is 0.149 e. The fourth-order valence-corrected chi connectivity index (χ4v) is 2.88. The van der Waals surface area contributed by atoms with Gasteiger partial charge >= 0.3 is 0 Å². The van der Waals surface area contributed by atoms with Crippen LogP contribution >= 0.6 is 0 Å². The van der Waals surface area contributed by atoms with Crippen molar-refractivity contribution in [1.29, 1.82) is 0 Å². The summed E-state index contributed by atoms with van der Waals surface area (Å²) in [6.45, 7) is 2.25. The van der Waals surface area contributed by atoms with Crippen molar-refractivity contribution in [3.05, 3.63) is 0 Å². The molecule has 86 valence electrons. The van der Waals surface area contributed by atoms with Crippen LogP contribution in [0.1, 0.15) is 38.5 Å². The highest BCUT2D eigenvalue weighted by atomic mass is 16.3. The second-order valence-electron chi connectivity index (χ2n) is 4.91. The largest absolute Gasteiger partial charge is 0.396 e. The summed E-state index contributed by atoms with van der Waals surface area (Å²) in [4.78, 5) is 14.1. The van der Waals surface area contributed by atoms with E-state index in [0.717, 1.165) is 45.2 Å². The molecule has 1 heterocycles. The van der Waals surface area contributed by atoms with Crippen molar-refractivity contribution >= 4 is 5.78 Å². The number of Topliss-reactive ketones (excluding diaryl/α,β-unsaturated/α-hetero) is 1. The Morgan fingerprint density at radius 2 is 2.13 bits per heavy atom. The first-order valence-corrected chi connectivity index (χ1v) is 6.19. The fourth-order valence-electron chi connectivity index (χ4n) is 2.88. The molecule has 0 bridgehead atoms. The first kappa shape index (κ1) is 11.1. The molecule has 0 aromatic rings. The lowest BCUT2D eigenvalue weighted by atomic mass is 9.89. The Morgan fingerprint density at radius 1 is 1.27 bits per heavy atom. The molecular formula is C12H21NO2. The Morgan fingerprint density at radius 3 is 2.87 bits per heavy atom. The summed E-state index contributed by atoms with van der Waals surface area (Å²) in [6.07, 6.45) is 6.33. The number of carbonyl (C=O) groups excluding carboxylic acids is 1. The Labute approximate surface area is 91.5 Å². The zero-order valence-corrected chi connectivity index (χ0v) is 9.32. The number of piperidine rings is 1. The monoisotopic (exact) mass is 211 g/mol. The second-order valence-corrected chi connectivity index (χ2v) is 4.91. The van der Waals surface area contributed by atoms with Crippen LogP contribution in [-0.2, 0) is 4.79 Å². The van der Waals surface area contributed by atoms with Crippen LogP contribution in [0.2, 0.25) is 0 Å². The lowest BCUT2D eigenvalue weighted by Gasteiger charge is -2.38. The van der Waals surface area contributed by atoms with E-state index in [1.807, 2.05) is 0 Å². The van der Waals surface area contributed by atoms with E-state index in [0.29, 0.717) is 11.7 Å². The topological polar surface area (TPSA) is 40.5 Å². The molecule has 0 aromatic carbocycles. The maximum atomic E-state index is 11.8. The molecule has 2 unspecified atom stereocenters. The summed E-state index contributed by atoms with van der Waals surface area (Å²) in [5.41, 5.74) is 0. The highest BCUT2D eigenvalue weighted by molar-refractivity contribution is 5.84. The van der Waals surface area contributed by atoms with Crippen LogP contribution in [0, 0.1) is 5.92 Å². The molecule has 3 nitrogen and oxygen atoms in total. The molecule has 1 saturated carbocycles. The molecule has 2 aliphatic rings. The zero-order chi connectivity index (χ0) is 10.7. The summed E-state index contributed by atoms with van der Waals surface area (Å²) in [5, 5.41) is 9.16. The van der Waals surface area contributed by atoms with Gasteiger partial charge in [0.15, 0.2) is 0 Å². The van der Waals surface area contributed by atoms with Gasteiger partial charge in [0.2, 0.25) is 0 Å². The van der Waals surface area contributed by atoms with Crippen molar-refractivity contribution in [3.8, 4) is 0 Å². The van der Waals surface area contributed by atoms with Crippen LogP contribution in [-0.4, -0.2) is 41.5 Å². The van der Waals surface area contributed by atoms with Crippen molar-refractivity contribution in [1.82, 2.24) is 4.90 Å². The van der Waals surface area contributed by atoms with Crippen LogP contribution in [0.4, 0.5) is 0 Å². The normalized spacial score (nSPS) is 34.3. The molecule has 1 N–H and O–H groups in total. The van der Waals surface area contributed by atoms with Gasteiger partial charge < -0.3 is 5.11 Å². The van der Waals surface area contributed by atoms with Crippen molar-refractivity contribution in [2.45, 2.75) is 44.6 Å². The third kappa shape index (κ3) is 2.58. The Kier molecular flexibility index (Phi) is 3.76.